The monoisotopic (exact) mass is 1270 g/mol. The quantitative estimate of drug-likeness (QED) is 0.0264. The van der Waals surface area contributed by atoms with Crippen molar-refractivity contribution in [2.45, 2.75) is 380 Å². The number of esters is 2. The van der Waals surface area contributed by atoms with E-state index >= 15 is 0 Å². The SMILES string of the molecule is CC/C=C\C/C=C\C/C=C\C/C=C\CCCCCCCCCCCCCCCCC(=O)OC(COC(=O)CCCCCCCCCCCCCCCCCCCCCCCCCCCC/C=C\C/C=C\C/C=C\CCCCCCC)COP(=O)(O)OCCN. The fourth-order valence-corrected chi connectivity index (χ4v) is 11.9. The Morgan fingerprint density at radius 1 is 0.348 bits per heavy atom. The maximum absolute atomic E-state index is 12.8. The van der Waals surface area contributed by atoms with Gasteiger partial charge in [-0.05, 0) is 89.9 Å². The third-order valence-electron chi connectivity index (χ3n) is 16.8. The predicted molar refractivity (Wildman–Crippen MR) is 386 cm³/mol. The Kier molecular flexibility index (Phi) is 71.9. The molecule has 0 aromatic heterocycles. The largest absolute Gasteiger partial charge is 0.472 e. The number of hydrogen-bond acceptors (Lipinski definition) is 8. The molecular formula is C79H144NO8P. The number of ether oxygens (including phenoxy) is 2. The third-order valence-corrected chi connectivity index (χ3v) is 17.7. The van der Waals surface area contributed by atoms with E-state index in [9.17, 15) is 19.0 Å². The summed E-state index contributed by atoms with van der Waals surface area (Å²) in [5.74, 6) is -0.813. The van der Waals surface area contributed by atoms with Gasteiger partial charge in [-0.1, -0.05) is 356 Å². The summed E-state index contributed by atoms with van der Waals surface area (Å²) in [5.41, 5.74) is 5.41. The average Bonchev–Trinajstić information content (AvgIpc) is 3.64. The standard InChI is InChI=1S/C79H144NO8P/c1-3-5-7-9-11-13-15-17-19-21-23-25-27-29-31-32-33-34-35-36-37-38-39-40-41-42-43-44-46-47-49-51-53-55-57-59-61-63-65-67-69-71-78(81)85-75-77(76-87-89(83,84)86-74-73-80)88-79(82)72-70-68-66-64-62-60-58-56-54-52-50-48-45-30-28-26-24-22-20-18-16-14-12-10-8-6-4-2/h6,8,12,14-15,17-18,20-21,23-24,26-27,29,77H,3-5,7,9-11,13,16,19,22,25,28,30-76,80H2,1-2H3,(H,83,84)/b8-6-,14-12-,17-15-,20-18-,23-21-,26-24-,29-27-. The van der Waals surface area contributed by atoms with Crippen LogP contribution in [0.1, 0.15) is 373 Å². The van der Waals surface area contributed by atoms with Crippen molar-refractivity contribution < 1.29 is 37.6 Å². The molecule has 0 bridgehead atoms. The Morgan fingerprint density at radius 2 is 0.618 bits per heavy atom. The molecule has 9 nitrogen and oxygen atoms in total. The lowest BCUT2D eigenvalue weighted by atomic mass is 10.0. The highest BCUT2D eigenvalue weighted by Crippen LogP contribution is 2.43. The van der Waals surface area contributed by atoms with Gasteiger partial charge < -0.3 is 20.1 Å². The molecule has 2 unspecified atom stereocenters. The highest BCUT2D eigenvalue weighted by molar-refractivity contribution is 7.47. The summed E-state index contributed by atoms with van der Waals surface area (Å²) in [6.45, 7) is 3.67. The van der Waals surface area contributed by atoms with Gasteiger partial charge in [-0.3, -0.25) is 18.6 Å². The number of phosphoric acid groups is 1. The Labute approximate surface area is 551 Å². The van der Waals surface area contributed by atoms with Crippen LogP contribution in [0.15, 0.2) is 85.1 Å². The van der Waals surface area contributed by atoms with Gasteiger partial charge in [0, 0.05) is 19.4 Å². The van der Waals surface area contributed by atoms with Crippen LogP contribution in [0.2, 0.25) is 0 Å². The zero-order valence-electron chi connectivity index (χ0n) is 58.4. The van der Waals surface area contributed by atoms with E-state index in [-0.39, 0.29) is 38.6 Å². The predicted octanol–water partition coefficient (Wildman–Crippen LogP) is 25.3. The second-order valence-corrected chi connectivity index (χ2v) is 26.9. The van der Waals surface area contributed by atoms with E-state index in [1.807, 2.05) is 0 Å². The Hall–Kier alpha value is -2.81. The van der Waals surface area contributed by atoms with Gasteiger partial charge in [-0.15, -0.1) is 0 Å². The Morgan fingerprint density at radius 3 is 0.921 bits per heavy atom. The van der Waals surface area contributed by atoms with Crippen molar-refractivity contribution in [2.75, 3.05) is 26.4 Å². The molecule has 0 spiro atoms. The zero-order valence-corrected chi connectivity index (χ0v) is 59.3. The summed E-state index contributed by atoms with van der Waals surface area (Å²) in [5, 5.41) is 0. The van der Waals surface area contributed by atoms with Gasteiger partial charge in [0.05, 0.1) is 13.2 Å². The molecule has 2 atom stereocenters. The Bertz CT molecular complexity index is 1740. The molecule has 0 aromatic rings. The molecule has 0 aliphatic heterocycles. The lowest BCUT2D eigenvalue weighted by Gasteiger charge is -2.19. The first kappa shape index (κ1) is 86.2. The van der Waals surface area contributed by atoms with Crippen LogP contribution in [0.25, 0.3) is 0 Å². The van der Waals surface area contributed by atoms with E-state index in [1.54, 1.807) is 0 Å². The first-order valence-electron chi connectivity index (χ1n) is 38.1. The molecule has 89 heavy (non-hydrogen) atoms. The number of allylic oxidation sites excluding steroid dienone is 14. The molecule has 518 valence electrons. The molecule has 0 rings (SSSR count). The van der Waals surface area contributed by atoms with E-state index < -0.39 is 26.5 Å². The topological polar surface area (TPSA) is 134 Å². The van der Waals surface area contributed by atoms with Gasteiger partial charge in [-0.2, -0.15) is 0 Å². The Balaban J connectivity index is 3.77. The van der Waals surface area contributed by atoms with Crippen molar-refractivity contribution in [3.63, 3.8) is 0 Å². The summed E-state index contributed by atoms with van der Waals surface area (Å²) in [6.07, 6.45) is 100.0. The van der Waals surface area contributed by atoms with Crippen molar-refractivity contribution in [1.29, 1.82) is 0 Å². The number of unbranched alkanes of at least 4 members (excludes halogenated alkanes) is 45. The third kappa shape index (κ3) is 74.1. The normalized spacial score (nSPS) is 13.3. The first-order valence-corrected chi connectivity index (χ1v) is 39.6. The zero-order chi connectivity index (χ0) is 64.4. The minimum absolute atomic E-state index is 0.0529. The van der Waals surface area contributed by atoms with Crippen LogP contribution in [0, 0.1) is 0 Å². The van der Waals surface area contributed by atoms with E-state index in [2.05, 4.69) is 98.9 Å². The van der Waals surface area contributed by atoms with Crippen LogP contribution >= 0.6 is 7.82 Å². The van der Waals surface area contributed by atoms with Crippen molar-refractivity contribution >= 4 is 19.8 Å². The van der Waals surface area contributed by atoms with Crippen molar-refractivity contribution in [3.8, 4) is 0 Å². The van der Waals surface area contributed by atoms with E-state index in [0.717, 1.165) is 77.0 Å². The van der Waals surface area contributed by atoms with Crippen LogP contribution in [-0.2, 0) is 32.7 Å². The minimum Gasteiger partial charge on any atom is -0.462 e. The van der Waals surface area contributed by atoms with Gasteiger partial charge in [-0.25, -0.2) is 4.57 Å². The molecule has 0 fully saturated rings. The summed E-state index contributed by atoms with van der Waals surface area (Å²) in [6, 6.07) is 0. The summed E-state index contributed by atoms with van der Waals surface area (Å²) >= 11 is 0. The van der Waals surface area contributed by atoms with E-state index in [1.165, 1.54) is 263 Å². The number of carbonyl (C=O) groups is 2. The van der Waals surface area contributed by atoms with Crippen molar-refractivity contribution in [3.05, 3.63) is 85.1 Å². The van der Waals surface area contributed by atoms with E-state index in [0.29, 0.717) is 6.42 Å². The molecule has 0 amide bonds. The van der Waals surface area contributed by atoms with Gasteiger partial charge in [0.2, 0.25) is 0 Å². The van der Waals surface area contributed by atoms with Gasteiger partial charge in [0.1, 0.15) is 6.61 Å². The molecule has 0 aliphatic rings. The van der Waals surface area contributed by atoms with Crippen molar-refractivity contribution in [1.82, 2.24) is 0 Å². The van der Waals surface area contributed by atoms with Gasteiger partial charge >= 0.3 is 19.8 Å². The molecule has 0 saturated heterocycles. The fourth-order valence-electron chi connectivity index (χ4n) is 11.2. The minimum atomic E-state index is -4.40. The molecule has 0 aliphatic carbocycles. The maximum Gasteiger partial charge on any atom is 0.472 e. The van der Waals surface area contributed by atoms with Crippen LogP contribution in [0.3, 0.4) is 0 Å². The van der Waals surface area contributed by atoms with Gasteiger partial charge in [0.25, 0.3) is 0 Å². The lowest BCUT2D eigenvalue weighted by Crippen LogP contribution is -2.29. The maximum atomic E-state index is 12.8. The number of hydrogen-bond donors (Lipinski definition) is 2. The number of nitrogens with two attached hydrogens (primary N) is 1. The smallest absolute Gasteiger partial charge is 0.462 e. The summed E-state index contributed by atoms with van der Waals surface area (Å²) in [7, 11) is -4.40. The number of phosphoric ester groups is 1. The number of rotatable bonds is 72. The summed E-state index contributed by atoms with van der Waals surface area (Å²) < 4.78 is 33.2. The van der Waals surface area contributed by atoms with Crippen LogP contribution < -0.4 is 5.73 Å². The fraction of sp³-hybridized carbons (Fsp3) is 0.797. The molecular weight excluding hydrogens is 1120 g/mol. The molecule has 0 saturated carbocycles. The highest BCUT2D eigenvalue weighted by Gasteiger charge is 2.26. The first-order chi connectivity index (χ1) is 43.8. The lowest BCUT2D eigenvalue weighted by molar-refractivity contribution is -0.161. The highest BCUT2D eigenvalue weighted by atomic mass is 31.2. The molecule has 10 heteroatoms. The molecule has 0 aromatic carbocycles. The average molecular weight is 1270 g/mol. The van der Waals surface area contributed by atoms with Crippen LogP contribution in [0.4, 0.5) is 0 Å². The van der Waals surface area contributed by atoms with E-state index in [4.69, 9.17) is 24.3 Å². The van der Waals surface area contributed by atoms with Crippen LogP contribution in [-0.4, -0.2) is 49.3 Å². The molecule has 0 heterocycles. The summed E-state index contributed by atoms with van der Waals surface area (Å²) in [4.78, 5) is 35.4. The van der Waals surface area contributed by atoms with Gasteiger partial charge in [0.15, 0.2) is 6.10 Å². The molecule has 3 N–H and O–H groups in total. The number of carbonyl (C=O) groups excluding carboxylic acids is 2. The van der Waals surface area contributed by atoms with Crippen molar-refractivity contribution in [2.24, 2.45) is 5.73 Å². The second kappa shape index (κ2) is 74.2. The molecule has 0 radical (unpaired) electrons. The van der Waals surface area contributed by atoms with Crippen LogP contribution in [0.5, 0.6) is 0 Å². The second-order valence-electron chi connectivity index (χ2n) is 25.5.